The van der Waals surface area contributed by atoms with Gasteiger partial charge in [0.1, 0.15) is 12.3 Å². The maximum Gasteiger partial charge on any atom is 0.260 e. The molecule has 140 valence electrons. The van der Waals surface area contributed by atoms with Crippen molar-refractivity contribution < 1.29 is 14.1 Å². The van der Waals surface area contributed by atoms with Gasteiger partial charge in [0.25, 0.3) is 5.91 Å². The average molecular weight is 386 g/mol. The lowest BCUT2D eigenvalue weighted by molar-refractivity contribution is -0.134. The predicted octanol–water partition coefficient (Wildman–Crippen LogP) is 4.13. The first-order valence-electron chi connectivity index (χ1n) is 8.61. The van der Waals surface area contributed by atoms with E-state index in [0.29, 0.717) is 29.0 Å². The number of carbonyl (C=O) groups excluding carboxylic acids is 1. The Bertz CT molecular complexity index is 892. The van der Waals surface area contributed by atoms with E-state index in [-0.39, 0.29) is 19.1 Å². The molecule has 0 aliphatic carbocycles. The quantitative estimate of drug-likeness (QED) is 0.611. The van der Waals surface area contributed by atoms with Crippen LogP contribution in [-0.2, 0) is 11.3 Å². The second-order valence-corrected chi connectivity index (χ2v) is 6.46. The summed E-state index contributed by atoms with van der Waals surface area (Å²) in [6.45, 7) is 4.57. The molecular weight excluding hydrogens is 366 g/mol. The molecule has 1 amide bonds. The van der Waals surface area contributed by atoms with Gasteiger partial charge in [-0.15, -0.1) is 0 Å². The van der Waals surface area contributed by atoms with E-state index >= 15 is 0 Å². The fraction of sp³-hybridized carbons (Fsp3) is 0.250. The van der Waals surface area contributed by atoms with Crippen LogP contribution >= 0.6 is 11.6 Å². The third-order valence-corrected chi connectivity index (χ3v) is 4.27. The summed E-state index contributed by atoms with van der Waals surface area (Å²) in [5.41, 5.74) is 2.03. The minimum Gasteiger partial charge on any atom is -0.484 e. The third-order valence-electron chi connectivity index (χ3n) is 4.01. The number of ether oxygens (including phenoxy) is 1. The van der Waals surface area contributed by atoms with Crippen molar-refractivity contribution in [1.82, 2.24) is 15.0 Å². The van der Waals surface area contributed by atoms with Gasteiger partial charge in [-0.2, -0.15) is 4.98 Å². The molecule has 6 nitrogen and oxygen atoms in total. The van der Waals surface area contributed by atoms with Gasteiger partial charge in [-0.05, 0) is 38.1 Å². The molecule has 2 aromatic carbocycles. The van der Waals surface area contributed by atoms with Gasteiger partial charge in [0.2, 0.25) is 11.7 Å². The van der Waals surface area contributed by atoms with E-state index in [4.69, 9.17) is 20.9 Å². The van der Waals surface area contributed by atoms with Crippen LogP contribution in [0.4, 0.5) is 0 Å². The standard InChI is InChI=1S/C20H20ClN3O3/c1-3-24(19(25)13-26-17-10-8-16(21)9-11-17)12-18-22-20(23-27-18)15-6-4-14(2)5-7-15/h4-11H,3,12-13H2,1-2H3. The van der Waals surface area contributed by atoms with E-state index in [1.807, 2.05) is 38.1 Å². The lowest BCUT2D eigenvalue weighted by Gasteiger charge is -2.18. The fourth-order valence-electron chi connectivity index (χ4n) is 2.45. The van der Waals surface area contributed by atoms with Crippen molar-refractivity contribution in [3.8, 4) is 17.1 Å². The summed E-state index contributed by atoms with van der Waals surface area (Å²) in [5.74, 6) is 1.31. The summed E-state index contributed by atoms with van der Waals surface area (Å²) in [4.78, 5) is 18.4. The van der Waals surface area contributed by atoms with Crippen LogP contribution < -0.4 is 4.74 Å². The average Bonchev–Trinajstić information content (AvgIpc) is 3.14. The Labute approximate surface area is 162 Å². The monoisotopic (exact) mass is 385 g/mol. The van der Waals surface area contributed by atoms with Crippen molar-refractivity contribution in [2.75, 3.05) is 13.2 Å². The highest BCUT2D eigenvalue weighted by molar-refractivity contribution is 6.30. The van der Waals surface area contributed by atoms with Crippen molar-refractivity contribution in [1.29, 1.82) is 0 Å². The molecule has 3 rings (SSSR count). The molecular formula is C20H20ClN3O3. The number of halogens is 1. The molecule has 1 aromatic heterocycles. The van der Waals surface area contributed by atoms with Crippen LogP contribution in [0.3, 0.4) is 0 Å². The van der Waals surface area contributed by atoms with E-state index in [2.05, 4.69) is 10.1 Å². The fourth-order valence-corrected chi connectivity index (χ4v) is 2.57. The second kappa shape index (κ2) is 8.68. The van der Waals surface area contributed by atoms with Crippen molar-refractivity contribution in [3.63, 3.8) is 0 Å². The Morgan fingerprint density at radius 3 is 2.52 bits per heavy atom. The second-order valence-electron chi connectivity index (χ2n) is 6.03. The number of likely N-dealkylation sites (N-methyl/N-ethyl adjacent to an activating group) is 1. The molecule has 0 spiro atoms. The number of amides is 1. The Morgan fingerprint density at radius 2 is 1.85 bits per heavy atom. The maximum atomic E-state index is 12.4. The van der Waals surface area contributed by atoms with Gasteiger partial charge in [-0.3, -0.25) is 4.79 Å². The highest BCUT2D eigenvalue weighted by atomic mass is 35.5. The molecule has 1 heterocycles. The Kier molecular flexibility index (Phi) is 6.08. The molecule has 0 aliphatic rings. The smallest absolute Gasteiger partial charge is 0.260 e. The number of aromatic nitrogens is 2. The summed E-state index contributed by atoms with van der Waals surface area (Å²) in [5, 5.41) is 4.61. The van der Waals surface area contributed by atoms with Crippen LogP contribution in [0.5, 0.6) is 5.75 Å². The highest BCUT2D eigenvalue weighted by Gasteiger charge is 2.17. The van der Waals surface area contributed by atoms with Crippen molar-refractivity contribution in [2.45, 2.75) is 20.4 Å². The maximum absolute atomic E-state index is 12.4. The summed E-state index contributed by atoms with van der Waals surface area (Å²) in [6, 6.07) is 14.7. The van der Waals surface area contributed by atoms with Crippen LogP contribution in [-0.4, -0.2) is 34.1 Å². The summed E-state index contributed by atoms with van der Waals surface area (Å²) >= 11 is 5.84. The van der Waals surface area contributed by atoms with Crippen molar-refractivity contribution in [2.24, 2.45) is 0 Å². The number of rotatable bonds is 7. The number of benzene rings is 2. The van der Waals surface area contributed by atoms with E-state index in [1.165, 1.54) is 0 Å². The zero-order valence-electron chi connectivity index (χ0n) is 15.2. The zero-order chi connectivity index (χ0) is 19.2. The lowest BCUT2D eigenvalue weighted by Crippen LogP contribution is -2.34. The van der Waals surface area contributed by atoms with E-state index in [9.17, 15) is 4.79 Å². The molecule has 0 fully saturated rings. The zero-order valence-corrected chi connectivity index (χ0v) is 15.9. The van der Waals surface area contributed by atoms with Crippen LogP contribution in [0.15, 0.2) is 53.1 Å². The molecule has 0 aliphatic heterocycles. The van der Waals surface area contributed by atoms with Crippen LogP contribution in [0.25, 0.3) is 11.4 Å². The molecule has 0 radical (unpaired) electrons. The Hall–Kier alpha value is -2.86. The minimum atomic E-state index is -0.164. The van der Waals surface area contributed by atoms with Gasteiger partial charge in [0.15, 0.2) is 6.61 Å². The third kappa shape index (κ3) is 5.08. The molecule has 0 saturated carbocycles. The number of hydrogen-bond acceptors (Lipinski definition) is 5. The molecule has 0 bridgehead atoms. The SMILES string of the molecule is CCN(Cc1nc(-c2ccc(C)cc2)no1)C(=O)COc1ccc(Cl)cc1. The van der Waals surface area contributed by atoms with Crippen molar-refractivity contribution in [3.05, 3.63) is 65.0 Å². The van der Waals surface area contributed by atoms with Gasteiger partial charge < -0.3 is 14.2 Å². The van der Waals surface area contributed by atoms with E-state index < -0.39 is 0 Å². The number of hydrogen-bond donors (Lipinski definition) is 0. The minimum absolute atomic E-state index is 0.0750. The van der Waals surface area contributed by atoms with Gasteiger partial charge >= 0.3 is 0 Å². The summed E-state index contributed by atoms with van der Waals surface area (Å²) in [6.07, 6.45) is 0. The van der Waals surface area contributed by atoms with Gasteiger partial charge in [-0.1, -0.05) is 46.6 Å². The highest BCUT2D eigenvalue weighted by Crippen LogP contribution is 2.18. The molecule has 0 saturated heterocycles. The first kappa shape index (κ1) is 18.9. The number of aryl methyl sites for hydroxylation is 1. The molecule has 0 atom stereocenters. The lowest BCUT2D eigenvalue weighted by atomic mass is 10.1. The van der Waals surface area contributed by atoms with Crippen LogP contribution in [0.1, 0.15) is 18.4 Å². The Balaban J connectivity index is 1.60. The predicted molar refractivity (Wildman–Crippen MR) is 103 cm³/mol. The number of carbonyl (C=O) groups is 1. The first-order chi connectivity index (χ1) is 13.0. The topological polar surface area (TPSA) is 68.5 Å². The van der Waals surface area contributed by atoms with Crippen molar-refractivity contribution >= 4 is 17.5 Å². The van der Waals surface area contributed by atoms with Crippen LogP contribution in [0.2, 0.25) is 5.02 Å². The van der Waals surface area contributed by atoms with E-state index in [0.717, 1.165) is 11.1 Å². The normalized spacial score (nSPS) is 10.6. The Morgan fingerprint density at radius 1 is 1.15 bits per heavy atom. The molecule has 0 unspecified atom stereocenters. The van der Waals surface area contributed by atoms with Gasteiger partial charge in [0.05, 0.1) is 0 Å². The van der Waals surface area contributed by atoms with Gasteiger partial charge in [-0.25, -0.2) is 0 Å². The molecule has 27 heavy (non-hydrogen) atoms. The van der Waals surface area contributed by atoms with E-state index in [1.54, 1.807) is 29.2 Å². The summed E-state index contributed by atoms with van der Waals surface area (Å²) in [7, 11) is 0. The van der Waals surface area contributed by atoms with Gasteiger partial charge in [0, 0.05) is 17.1 Å². The first-order valence-corrected chi connectivity index (χ1v) is 8.98. The number of nitrogens with zero attached hydrogens (tertiary/aromatic N) is 3. The molecule has 7 heteroatoms. The van der Waals surface area contributed by atoms with Crippen LogP contribution in [0, 0.1) is 6.92 Å². The summed E-state index contributed by atoms with van der Waals surface area (Å²) < 4.78 is 10.8. The molecule has 3 aromatic rings. The molecule has 0 N–H and O–H groups in total. The largest absolute Gasteiger partial charge is 0.484 e.